The van der Waals surface area contributed by atoms with Gasteiger partial charge in [0.1, 0.15) is 10.6 Å². The molecule has 5 heteroatoms. The molecule has 4 nitrogen and oxygen atoms in total. The maximum atomic E-state index is 12.3. The molecule has 0 bridgehead atoms. The highest BCUT2D eigenvalue weighted by Crippen LogP contribution is 2.36. The van der Waals surface area contributed by atoms with Crippen molar-refractivity contribution in [3.63, 3.8) is 0 Å². The summed E-state index contributed by atoms with van der Waals surface area (Å²) >= 11 is 1.42. The van der Waals surface area contributed by atoms with Crippen molar-refractivity contribution >= 4 is 38.3 Å². The Labute approximate surface area is 140 Å². The molecule has 2 aromatic rings. The summed E-state index contributed by atoms with van der Waals surface area (Å²) in [6.07, 6.45) is 4.70. The summed E-state index contributed by atoms with van der Waals surface area (Å²) in [6, 6.07) is 7.63. The van der Waals surface area contributed by atoms with Crippen LogP contribution in [-0.4, -0.2) is 18.5 Å². The zero-order valence-corrected chi connectivity index (χ0v) is 14.5. The fraction of sp³-hybridized carbons (Fsp3) is 0.444. The summed E-state index contributed by atoms with van der Waals surface area (Å²) in [4.78, 5) is 24.4. The molecule has 0 spiro atoms. The molecule has 0 atom stereocenters. The summed E-state index contributed by atoms with van der Waals surface area (Å²) in [6.45, 7) is 4.23. The summed E-state index contributed by atoms with van der Waals surface area (Å²) in [5.74, 6) is -0.426. The third kappa shape index (κ3) is 4.55. The number of carbonyl (C=O) groups is 2. The zero-order chi connectivity index (χ0) is 16.7. The predicted octanol–water partition coefficient (Wildman–Crippen LogP) is 4.99. The molecule has 0 unspecified atom stereocenters. The van der Waals surface area contributed by atoms with Gasteiger partial charge in [0.2, 0.25) is 5.91 Å². The van der Waals surface area contributed by atoms with Crippen molar-refractivity contribution in [3.8, 4) is 0 Å². The maximum Gasteiger partial charge on any atom is 0.341 e. The zero-order valence-electron chi connectivity index (χ0n) is 13.7. The number of ether oxygens (including phenoxy) is 1. The van der Waals surface area contributed by atoms with Crippen LogP contribution in [0.3, 0.4) is 0 Å². The quantitative estimate of drug-likeness (QED) is 0.547. The SMILES string of the molecule is CCCCCCC(=O)Nc1sc2ccccc2c1C(=O)OCC. The van der Waals surface area contributed by atoms with Crippen LogP contribution in [0.25, 0.3) is 10.1 Å². The van der Waals surface area contributed by atoms with Crippen molar-refractivity contribution < 1.29 is 14.3 Å². The summed E-state index contributed by atoms with van der Waals surface area (Å²) in [5, 5.41) is 4.31. The van der Waals surface area contributed by atoms with E-state index in [0.717, 1.165) is 35.8 Å². The van der Waals surface area contributed by atoms with Gasteiger partial charge in [0.15, 0.2) is 0 Å². The first-order chi connectivity index (χ1) is 11.2. The second-order valence-corrected chi connectivity index (χ2v) is 6.43. The molecule has 1 amide bonds. The number of amides is 1. The van der Waals surface area contributed by atoms with E-state index in [-0.39, 0.29) is 11.9 Å². The van der Waals surface area contributed by atoms with Crippen LogP contribution < -0.4 is 5.32 Å². The van der Waals surface area contributed by atoms with E-state index >= 15 is 0 Å². The lowest BCUT2D eigenvalue weighted by Gasteiger charge is -2.06. The van der Waals surface area contributed by atoms with Gasteiger partial charge >= 0.3 is 5.97 Å². The van der Waals surface area contributed by atoms with Crippen LogP contribution in [0.15, 0.2) is 24.3 Å². The van der Waals surface area contributed by atoms with Crippen molar-refractivity contribution in [2.45, 2.75) is 46.0 Å². The molecule has 0 radical (unpaired) electrons. The third-order valence-electron chi connectivity index (χ3n) is 3.59. The van der Waals surface area contributed by atoms with Gasteiger partial charge in [-0.25, -0.2) is 4.79 Å². The van der Waals surface area contributed by atoms with Crippen LogP contribution >= 0.6 is 11.3 Å². The Morgan fingerprint density at radius 2 is 1.91 bits per heavy atom. The van der Waals surface area contributed by atoms with Gasteiger partial charge in [0.25, 0.3) is 0 Å². The molecule has 1 aromatic carbocycles. The molecule has 1 aromatic heterocycles. The van der Waals surface area contributed by atoms with Gasteiger partial charge in [-0.15, -0.1) is 11.3 Å². The van der Waals surface area contributed by atoms with E-state index in [2.05, 4.69) is 12.2 Å². The minimum Gasteiger partial charge on any atom is -0.462 e. The largest absolute Gasteiger partial charge is 0.462 e. The Morgan fingerprint density at radius 1 is 1.13 bits per heavy atom. The molecule has 1 N–H and O–H groups in total. The lowest BCUT2D eigenvalue weighted by atomic mass is 10.1. The van der Waals surface area contributed by atoms with Gasteiger partial charge in [0.05, 0.1) is 6.61 Å². The highest BCUT2D eigenvalue weighted by Gasteiger charge is 2.21. The Balaban J connectivity index is 2.17. The van der Waals surface area contributed by atoms with E-state index in [0.29, 0.717) is 23.6 Å². The number of carbonyl (C=O) groups excluding carboxylic acids is 2. The second-order valence-electron chi connectivity index (χ2n) is 5.38. The summed E-state index contributed by atoms with van der Waals surface area (Å²) in [7, 11) is 0. The number of fused-ring (bicyclic) bond motifs is 1. The molecule has 0 aliphatic heterocycles. The fourth-order valence-corrected chi connectivity index (χ4v) is 3.55. The molecule has 2 rings (SSSR count). The van der Waals surface area contributed by atoms with Crippen molar-refractivity contribution in [2.75, 3.05) is 11.9 Å². The smallest absolute Gasteiger partial charge is 0.341 e. The molecule has 0 fully saturated rings. The van der Waals surface area contributed by atoms with Gasteiger partial charge in [-0.3, -0.25) is 4.79 Å². The first-order valence-electron chi connectivity index (χ1n) is 8.15. The summed E-state index contributed by atoms with van der Waals surface area (Å²) in [5.41, 5.74) is 0.467. The molecular weight excluding hydrogens is 310 g/mol. The van der Waals surface area contributed by atoms with E-state index in [1.54, 1.807) is 6.92 Å². The maximum absolute atomic E-state index is 12.3. The molecule has 0 aliphatic carbocycles. The van der Waals surface area contributed by atoms with Crippen LogP contribution in [0, 0.1) is 0 Å². The number of esters is 1. The average Bonchev–Trinajstić information content (AvgIpc) is 2.89. The van der Waals surface area contributed by atoms with Gasteiger partial charge in [0, 0.05) is 16.5 Å². The van der Waals surface area contributed by atoms with Crippen LogP contribution in [0.5, 0.6) is 0 Å². The fourth-order valence-electron chi connectivity index (χ4n) is 2.44. The minimum atomic E-state index is -0.383. The lowest BCUT2D eigenvalue weighted by molar-refractivity contribution is -0.116. The standard InChI is InChI=1S/C18H23NO3S/c1-3-5-6-7-12-15(20)19-17-16(18(21)22-4-2)13-10-8-9-11-14(13)23-17/h8-11H,3-7,12H2,1-2H3,(H,19,20). The molecular formula is C18H23NO3S. The first kappa shape index (κ1) is 17.5. The topological polar surface area (TPSA) is 55.4 Å². The van der Waals surface area contributed by atoms with E-state index in [9.17, 15) is 9.59 Å². The van der Waals surface area contributed by atoms with Crippen molar-refractivity contribution in [2.24, 2.45) is 0 Å². The molecule has 0 saturated carbocycles. The van der Waals surface area contributed by atoms with Gasteiger partial charge in [-0.1, -0.05) is 44.4 Å². The van der Waals surface area contributed by atoms with Crippen molar-refractivity contribution in [1.82, 2.24) is 0 Å². The van der Waals surface area contributed by atoms with Gasteiger partial charge < -0.3 is 10.1 Å². The molecule has 23 heavy (non-hydrogen) atoms. The number of rotatable bonds is 8. The Hall–Kier alpha value is -1.88. The van der Waals surface area contributed by atoms with Crippen LogP contribution in [-0.2, 0) is 9.53 Å². The molecule has 124 valence electrons. The Bertz CT molecular complexity index is 678. The van der Waals surface area contributed by atoms with Crippen molar-refractivity contribution in [1.29, 1.82) is 0 Å². The van der Waals surface area contributed by atoms with Gasteiger partial charge in [-0.05, 0) is 19.4 Å². The summed E-state index contributed by atoms with van der Waals surface area (Å²) < 4.78 is 6.12. The van der Waals surface area contributed by atoms with Crippen LogP contribution in [0.4, 0.5) is 5.00 Å². The number of unbranched alkanes of at least 4 members (excludes halogenated alkanes) is 3. The van der Waals surface area contributed by atoms with E-state index in [4.69, 9.17) is 4.74 Å². The first-order valence-corrected chi connectivity index (χ1v) is 8.97. The highest BCUT2D eigenvalue weighted by atomic mass is 32.1. The third-order valence-corrected chi connectivity index (χ3v) is 4.67. The number of hydrogen-bond donors (Lipinski definition) is 1. The molecule has 0 aliphatic rings. The number of nitrogens with one attached hydrogen (secondary N) is 1. The average molecular weight is 333 g/mol. The number of anilines is 1. The van der Waals surface area contributed by atoms with E-state index in [1.165, 1.54) is 11.3 Å². The van der Waals surface area contributed by atoms with E-state index in [1.807, 2.05) is 24.3 Å². The second kappa shape index (κ2) is 8.67. The number of hydrogen-bond acceptors (Lipinski definition) is 4. The van der Waals surface area contributed by atoms with Crippen molar-refractivity contribution in [3.05, 3.63) is 29.8 Å². The Morgan fingerprint density at radius 3 is 2.65 bits per heavy atom. The monoisotopic (exact) mass is 333 g/mol. The van der Waals surface area contributed by atoms with E-state index < -0.39 is 0 Å². The van der Waals surface area contributed by atoms with Crippen LogP contribution in [0.1, 0.15) is 56.3 Å². The number of benzene rings is 1. The molecule has 0 saturated heterocycles. The van der Waals surface area contributed by atoms with Crippen LogP contribution in [0.2, 0.25) is 0 Å². The highest BCUT2D eigenvalue weighted by molar-refractivity contribution is 7.23. The molecule has 1 heterocycles. The van der Waals surface area contributed by atoms with Gasteiger partial charge in [-0.2, -0.15) is 0 Å². The Kier molecular flexibility index (Phi) is 6.59. The lowest BCUT2D eigenvalue weighted by Crippen LogP contribution is -2.13. The number of thiophene rings is 1. The normalized spacial score (nSPS) is 10.7. The predicted molar refractivity (Wildman–Crippen MR) is 95.2 cm³/mol. The minimum absolute atomic E-state index is 0.0433.